The van der Waals surface area contributed by atoms with Gasteiger partial charge in [0, 0.05) is 25.5 Å². The first-order valence-corrected chi connectivity index (χ1v) is 7.89. The van der Waals surface area contributed by atoms with Crippen molar-refractivity contribution in [1.29, 1.82) is 0 Å². The van der Waals surface area contributed by atoms with Gasteiger partial charge in [0.1, 0.15) is 11.5 Å². The van der Waals surface area contributed by atoms with Gasteiger partial charge in [0.2, 0.25) is 11.8 Å². The Morgan fingerprint density at radius 3 is 2.62 bits per heavy atom. The Morgan fingerprint density at radius 2 is 2.04 bits per heavy atom. The quantitative estimate of drug-likeness (QED) is 0.937. The number of carbonyl (C=O) groups excluding carboxylic acids is 2. The molecule has 0 fully saturated rings. The molecule has 2 heterocycles. The van der Waals surface area contributed by atoms with Gasteiger partial charge in [-0.25, -0.2) is 5.01 Å². The molecule has 6 nitrogen and oxygen atoms in total. The third-order valence-corrected chi connectivity index (χ3v) is 3.89. The number of hydrogen-bond donors (Lipinski definition) is 1. The van der Waals surface area contributed by atoms with E-state index in [-0.39, 0.29) is 17.9 Å². The number of hydrogen-bond acceptors (Lipinski definition) is 4. The van der Waals surface area contributed by atoms with Gasteiger partial charge in [-0.05, 0) is 29.8 Å². The van der Waals surface area contributed by atoms with E-state index < -0.39 is 0 Å². The maximum Gasteiger partial charge on any atom is 0.242 e. The summed E-state index contributed by atoms with van der Waals surface area (Å²) >= 11 is 0. The van der Waals surface area contributed by atoms with E-state index in [1.807, 2.05) is 37.3 Å². The van der Waals surface area contributed by atoms with Gasteiger partial charge in [-0.15, -0.1) is 0 Å². The smallest absolute Gasteiger partial charge is 0.242 e. The van der Waals surface area contributed by atoms with Gasteiger partial charge in [0.05, 0.1) is 12.3 Å². The summed E-state index contributed by atoms with van der Waals surface area (Å²) in [6.07, 6.45) is 2.58. The minimum Gasteiger partial charge on any atom is -0.463 e. The van der Waals surface area contributed by atoms with Crippen LogP contribution in [-0.2, 0) is 9.59 Å². The Balaban J connectivity index is 1.86. The molecule has 0 saturated heterocycles. The van der Waals surface area contributed by atoms with Gasteiger partial charge in [0.15, 0.2) is 0 Å². The van der Waals surface area contributed by atoms with Crippen LogP contribution in [0.15, 0.2) is 52.2 Å². The number of nitrogens with zero attached hydrogens (tertiary/aromatic N) is 2. The van der Waals surface area contributed by atoms with Crippen LogP contribution < -0.4 is 5.32 Å². The summed E-state index contributed by atoms with van der Waals surface area (Å²) in [5, 5.41) is 8.74. The van der Waals surface area contributed by atoms with E-state index in [1.165, 1.54) is 11.9 Å². The topological polar surface area (TPSA) is 74.9 Å². The molecule has 0 radical (unpaired) electrons. The van der Waals surface area contributed by atoms with Gasteiger partial charge in [-0.3, -0.25) is 9.59 Å². The molecule has 1 aliphatic rings. The lowest BCUT2D eigenvalue weighted by Crippen LogP contribution is -2.26. The highest BCUT2D eigenvalue weighted by Gasteiger charge is 2.33. The first-order valence-electron chi connectivity index (χ1n) is 7.89. The molecular formula is C18H19N3O3. The zero-order chi connectivity index (χ0) is 17.1. The highest BCUT2D eigenvalue weighted by Crippen LogP contribution is 2.33. The average molecular weight is 325 g/mol. The van der Waals surface area contributed by atoms with E-state index in [2.05, 4.69) is 10.4 Å². The fraction of sp³-hybridized carbons (Fsp3) is 0.278. The normalized spacial score (nSPS) is 16.8. The largest absolute Gasteiger partial charge is 0.463 e. The molecular weight excluding hydrogens is 306 g/mol. The van der Waals surface area contributed by atoms with E-state index in [0.717, 1.165) is 17.0 Å². The predicted molar refractivity (Wildman–Crippen MR) is 90.5 cm³/mol. The zero-order valence-corrected chi connectivity index (χ0v) is 13.7. The number of hydrazone groups is 1. The van der Waals surface area contributed by atoms with Crippen molar-refractivity contribution in [2.75, 3.05) is 5.32 Å². The van der Waals surface area contributed by atoms with Crippen molar-refractivity contribution in [3.8, 4) is 0 Å². The SMILES string of the molecule is CCC(=O)N1N=C(c2ccco2)CC1c1ccc(NC(C)=O)cc1. The maximum absolute atomic E-state index is 12.3. The summed E-state index contributed by atoms with van der Waals surface area (Å²) in [4.78, 5) is 23.4. The molecule has 24 heavy (non-hydrogen) atoms. The molecule has 1 aromatic carbocycles. The Bertz CT molecular complexity index is 763. The standard InChI is InChI=1S/C18H19N3O3/c1-3-18(23)21-16(11-15(20-21)17-5-4-10-24-17)13-6-8-14(9-7-13)19-12(2)22/h4-10,16H,3,11H2,1-2H3,(H,19,22). The van der Waals surface area contributed by atoms with Crippen molar-refractivity contribution >= 4 is 23.2 Å². The number of nitrogens with one attached hydrogen (secondary N) is 1. The summed E-state index contributed by atoms with van der Waals surface area (Å²) in [5.41, 5.74) is 2.46. The van der Waals surface area contributed by atoms with Crippen molar-refractivity contribution in [1.82, 2.24) is 5.01 Å². The van der Waals surface area contributed by atoms with Gasteiger partial charge in [-0.1, -0.05) is 19.1 Å². The molecule has 1 N–H and O–H groups in total. The zero-order valence-electron chi connectivity index (χ0n) is 13.7. The van der Waals surface area contributed by atoms with E-state index in [9.17, 15) is 9.59 Å². The molecule has 2 aromatic rings. The second-order valence-corrected chi connectivity index (χ2v) is 5.64. The fourth-order valence-electron chi connectivity index (χ4n) is 2.75. The molecule has 0 aliphatic carbocycles. The molecule has 124 valence electrons. The van der Waals surface area contributed by atoms with Crippen LogP contribution in [-0.4, -0.2) is 22.5 Å². The minimum absolute atomic E-state index is 0.0347. The lowest BCUT2D eigenvalue weighted by molar-refractivity contribution is -0.132. The molecule has 0 bridgehead atoms. The van der Waals surface area contributed by atoms with Gasteiger partial charge in [-0.2, -0.15) is 5.10 Å². The molecule has 1 unspecified atom stereocenters. The molecule has 1 aliphatic heterocycles. The number of benzene rings is 1. The van der Waals surface area contributed by atoms with Crippen LogP contribution in [0, 0.1) is 0 Å². The lowest BCUT2D eigenvalue weighted by atomic mass is 10.0. The van der Waals surface area contributed by atoms with Crippen LogP contribution in [0.2, 0.25) is 0 Å². The van der Waals surface area contributed by atoms with E-state index in [0.29, 0.717) is 18.6 Å². The van der Waals surface area contributed by atoms with Crippen LogP contribution in [0.3, 0.4) is 0 Å². The maximum atomic E-state index is 12.3. The number of furan rings is 1. The molecule has 0 saturated carbocycles. The summed E-state index contributed by atoms with van der Waals surface area (Å²) in [5.74, 6) is 0.531. The molecule has 6 heteroatoms. The number of carbonyl (C=O) groups is 2. The molecule has 3 rings (SSSR count). The van der Waals surface area contributed by atoms with Crippen LogP contribution in [0.5, 0.6) is 0 Å². The molecule has 2 amide bonds. The van der Waals surface area contributed by atoms with Gasteiger partial charge < -0.3 is 9.73 Å². The Kier molecular flexibility index (Phi) is 4.46. The predicted octanol–water partition coefficient (Wildman–Crippen LogP) is 3.33. The summed E-state index contributed by atoms with van der Waals surface area (Å²) in [6, 6.07) is 11.0. The van der Waals surface area contributed by atoms with Crippen LogP contribution >= 0.6 is 0 Å². The van der Waals surface area contributed by atoms with E-state index in [4.69, 9.17) is 4.42 Å². The fourth-order valence-corrected chi connectivity index (χ4v) is 2.75. The van der Waals surface area contributed by atoms with E-state index >= 15 is 0 Å². The first kappa shape index (κ1) is 16.0. The van der Waals surface area contributed by atoms with Crippen LogP contribution in [0.1, 0.15) is 44.1 Å². The third kappa shape index (κ3) is 3.22. The Morgan fingerprint density at radius 1 is 1.29 bits per heavy atom. The molecule has 0 spiro atoms. The highest BCUT2D eigenvalue weighted by atomic mass is 16.3. The van der Waals surface area contributed by atoms with Gasteiger partial charge in [0.25, 0.3) is 0 Å². The second-order valence-electron chi connectivity index (χ2n) is 5.64. The third-order valence-electron chi connectivity index (χ3n) is 3.89. The molecule has 1 aromatic heterocycles. The number of amides is 2. The summed E-state index contributed by atoms with van der Waals surface area (Å²) in [6.45, 7) is 3.29. The minimum atomic E-state index is -0.163. The highest BCUT2D eigenvalue weighted by molar-refractivity contribution is 6.01. The van der Waals surface area contributed by atoms with Crippen molar-refractivity contribution in [2.45, 2.75) is 32.7 Å². The Hall–Kier alpha value is -2.89. The number of anilines is 1. The average Bonchev–Trinajstić information content (AvgIpc) is 3.23. The second kappa shape index (κ2) is 6.70. The van der Waals surface area contributed by atoms with Crippen LogP contribution in [0.4, 0.5) is 5.69 Å². The van der Waals surface area contributed by atoms with Gasteiger partial charge >= 0.3 is 0 Å². The lowest BCUT2D eigenvalue weighted by Gasteiger charge is -2.21. The monoisotopic (exact) mass is 325 g/mol. The summed E-state index contributed by atoms with van der Waals surface area (Å²) in [7, 11) is 0. The van der Waals surface area contributed by atoms with E-state index in [1.54, 1.807) is 12.3 Å². The van der Waals surface area contributed by atoms with Crippen LogP contribution in [0.25, 0.3) is 0 Å². The molecule has 1 atom stereocenters. The Labute approximate surface area is 140 Å². The van der Waals surface area contributed by atoms with Crippen molar-refractivity contribution < 1.29 is 14.0 Å². The first-order chi connectivity index (χ1) is 11.6. The van der Waals surface area contributed by atoms with Crippen molar-refractivity contribution in [2.24, 2.45) is 5.10 Å². The summed E-state index contributed by atoms with van der Waals surface area (Å²) < 4.78 is 5.41. The number of rotatable bonds is 4. The van der Waals surface area contributed by atoms with Crippen molar-refractivity contribution in [3.05, 3.63) is 54.0 Å². The van der Waals surface area contributed by atoms with Crippen molar-refractivity contribution in [3.63, 3.8) is 0 Å².